The van der Waals surface area contributed by atoms with Crippen LogP contribution in [0.2, 0.25) is 0 Å². The fraction of sp³-hybridized carbons (Fsp3) is 0.786. The van der Waals surface area contributed by atoms with Gasteiger partial charge in [0.05, 0.1) is 19.6 Å². The lowest BCUT2D eigenvalue weighted by atomic mass is 10.2. The Hall–Kier alpha value is -1.17. The molecule has 7 nitrogen and oxygen atoms in total. The molecule has 0 saturated carbocycles. The molecule has 0 saturated heterocycles. The molecule has 0 heterocycles. The summed E-state index contributed by atoms with van der Waals surface area (Å²) in [5.41, 5.74) is -5.29. The number of halogens is 3. The van der Waals surface area contributed by atoms with E-state index in [2.05, 4.69) is 27.4 Å². The maximum absolute atomic E-state index is 11.2. The maximum Gasteiger partial charge on any atom is 0.485 e. The average Bonchev–Trinajstić information content (AvgIpc) is 2.49. The zero-order chi connectivity index (χ0) is 20.5. The maximum atomic E-state index is 11.2. The minimum atomic E-state index is -6.09. The summed E-state index contributed by atoms with van der Waals surface area (Å²) in [5.74, 6) is -0.438. The van der Waals surface area contributed by atoms with Crippen molar-refractivity contribution in [2.75, 3.05) is 32.8 Å². The number of aliphatic hydroxyl groups is 1. The van der Waals surface area contributed by atoms with E-state index >= 15 is 0 Å². The summed E-state index contributed by atoms with van der Waals surface area (Å²) in [4.78, 5) is 11.2. The van der Waals surface area contributed by atoms with Crippen molar-refractivity contribution in [3.8, 4) is 0 Å². The SMILES string of the molecule is C=C(C)C(=O)OCC(O)C[N+](CC)(CC)CC.O=S(=O)([O-])C(F)(F)F. The Morgan fingerprint density at radius 1 is 1.24 bits per heavy atom. The van der Waals surface area contributed by atoms with Gasteiger partial charge in [0.25, 0.3) is 0 Å². The van der Waals surface area contributed by atoms with E-state index in [0.29, 0.717) is 12.1 Å². The molecule has 25 heavy (non-hydrogen) atoms. The standard InChI is InChI=1S/C13H26NO3.CHF3O3S/c1-6-14(7-2,8-3)9-12(15)10-17-13(16)11(4)5;2-1(3,4)8(5,6)7/h12,15H,4,6-10H2,1-3,5H3;(H,5,6,7)/q+1;/p-1. The zero-order valence-corrected chi connectivity index (χ0v) is 15.6. The lowest BCUT2D eigenvalue weighted by molar-refractivity contribution is -0.926. The van der Waals surface area contributed by atoms with E-state index in [0.717, 1.165) is 24.1 Å². The largest absolute Gasteiger partial charge is 0.741 e. The molecule has 0 aliphatic carbocycles. The first-order chi connectivity index (χ1) is 11.2. The number of quaternary nitrogens is 1. The number of hydrogen-bond donors (Lipinski definition) is 1. The van der Waals surface area contributed by atoms with Crippen LogP contribution in [0.15, 0.2) is 12.2 Å². The van der Waals surface area contributed by atoms with E-state index in [4.69, 9.17) is 17.7 Å². The lowest BCUT2D eigenvalue weighted by Gasteiger charge is -2.37. The summed E-state index contributed by atoms with van der Waals surface area (Å²) in [5, 5.41) is 9.89. The Morgan fingerprint density at radius 3 is 1.84 bits per heavy atom. The van der Waals surface area contributed by atoms with Crippen LogP contribution in [0.3, 0.4) is 0 Å². The van der Waals surface area contributed by atoms with Crippen molar-refractivity contribution in [3.05, 3.63) is 12.2 Å². The second-order valence-electron chi connectivity index (χ2n) is 5.41. The van der Waals surface area contributed by atoms with E-state index in [9.17, 15) is 23.1 Å². The van der Waals surface area contributed by atoms with Crippen LogP contribution in [0, 0.1) is 0 Å². The fourth-order valence-corrected chi connectivity index (χ4v) is 1.85. The highest BCUT2D eigenvalue weighted by Crippen LogP contribution is 2.20. The number of likely N-dealkylation sites (N-methyl/N-ethyl adjacent to an activating group) is 1. The van der Waals surface area contributed by atoms with E-state index in [1.54, 1.807) is 6.92 Å². The molecular weight excluding hydrogens is 367 g/mol. The van der Waals surface area contributed by atoms with Crippen molar-refractivity contribution in [2.45, 2.75) is 39.3 Å². The first kappa shape index (κ1) is 26.1. The van der Waals surface area contributed by atoms with Gasteiger partial charge in [-0.05, 0) is 27.7 Å². The van der Waals surface area contributed by atoms with Crippen LogP contribution in [-0.2, 0) is 19.6 Å². The third kappa shape index (κ3) is 10.4. The summed E-state index contributed by atoms with van der Waals surface area (Å²) < 4.78 is 64.7. The summed E-state index contributed by atoms with van der Waals surface area (Å²) in [6.45, 7) is 15.0. The van der Waals surface area contributed by atoms with Gasteiger partial charge < -0.3 is 18.9 Å². The Labute approximate surface area is 146 Å². The Kier molecular flexibility index (Phi) is 11.2. The number of esters is 1. The molecule has 0 spiro atoms. The molecule has 1 atom stereocenters. The number of carbonyl (C=O) groups is 1. The number of alkyl halides is 3. The lowest BCUT2D eigenvalue weighted by Crippen LogP contribution is -2.52. The molecule has 11 heteroatoms. The molecule has 1 N–H and O–H groups in total. The van der Waals surface area contributed by atoms with Crippen LogP contribution < -0.4 is 0 Å². The van der Waals surface area contributed by atoms with Gasteiger partial charge >= 0.3 is 11.5 Å². The van der Waals surface area contributed by atoms with Crippen LogP contribution in [0.5, 0.6) is 0 Å². The summed E-state index contributed by atoms with van der Waals surface area (Å²) >= 11 is 0. The molecule has 0 amide bonds. The second kappa shape index (κ2) is 10.7. The number of nitrogens with zero attached hydrogens (tertiary/aromatic N) is 1. The highest BCUT2D eigenvalue weighted by molar-refractivity contribution is 7.86. The van der Waals surface area contributed by atoms with Gasteiger partial charge in [-0.2, -0.15) is 13.2 Å². The van der Waals surface area contributed by atoms with Crippen molar-refractivity contribution < 1.29 is 45.3 Å². The number of carbonyl (C=O) groups excluding carboxylic acids is 1. The van der Waals surface area contributed by atoms with Gasteiger partial charge in [-0.25, -0.2) is 13.2 Å². The summed E-state index contributed by atoms with van der Waals surface area (Å²) in [6.07, 6.45) is -0.613. The van der Waals surface area contributed by atoms with E-state index < -0.39 is 27.7 Å². The molecule has 0 aromatic rings. The number of aliphatic hydroxyl groups excluding tert-OH is 1. The molecule has 0 aliphatic heterocycles. The van der Waals surface area contributed by atoms with Crippen molar-refractivity contribution >= 4 is 16.1 Å². The molecule has 1 unspecified atom stereocenters. The van der Waals surface area contributed by atoms with Crippen molar-refractivity contribution in [1.29, 1.82) is 0 Å². The number of hydrogen-bond acceptors (Lipinski definition) is 6. The minimum Gasteiger partial charge on any atom is -0.741 e. The zero-order valence-electron chi connectivity index (χ0n) is 14.8. The molecule has 0 aliphatic rings. The molecule has 0 radical (unpaired) electrons. The highest BCUT2D eigenvalue weighted by atomic mass is 32.2. The normalized spacial score (nSPS) is 13.5. The third-order valence-electron chi connectivity index (χ3n) is 3.65. The van der Waals surface area contributed by atoms with Crippen LogP contribution in [0.25, 0.3) is 0 Å². The Bertz CT molecular complexity index is 521. The molecule has 0 fully saturated rings. The van der Waals surface area contributed by atoms with Crippen molar-refractivity contribution in [2.24, 2.45) is 0 Å². The van der Waals surface area contributed by atoms with Gasteiger partial charge in [-0.3, -0.25) is 0 Å². The van der Waals surface area contributed by atoms with Gasteiger partial charge in [0.1, 0.15) is 19.3 Å². The first-order valence-electron chi connectivity index (χ1n) is 7.53. The van der Waals surface area contributed by atoms with Crippen LogP contribution in [0.1, 0.15) is 27.7 Å². The second-order valence-corrected chi connectivity index (χ2v) is 6.78. The summed E-state index contributed by atoms with van der Waals surface area (Å²) in [6, 6.07) is 0. The topological polar surface area (TPSA) is 104 Å². The third-order valence-corrected chi connectivity index (χ3v) is 4.22. The minimum absolute atomic E-state index is 0.0473. The summed E-state index contributed by atoms with van der Waals surface area (Å²) in [7, 11) is -6.09. The van der Waals surface area contributed by atoms with Gasteiger partial charge in [0.2, 0.25) is 0 Å². The Balaban J connectivity index is 0. The molecule has 0 rings (SSSR count). The molecule has 0 aromatic heterocycles. The molecular formula is C14H26F3NO6S. The van der Waals surface area contributed by atoms with E-state index in [1.807, 2.05) is 0 Å². The van der Waals surface area contributed by atoms with E-state index in [-0.39, 0.29) is 6.61 Å². The van der Waals surface area contributed by atoms with Gasteiger partial charge in [-0.1, -0.05) is 6.58 Å². The van der Waals surface area contributed by atoms with Crippen molar-refractivity contribution in [3.63, 3.8) is 0 Å². The van der Waals surface area contributed by atoms with E-state index in [1.165, 1.54) is 0 Å². The van der Waals surface area contributed by atoms with Gasteiger partial charge in [0.15, 0.2) is 10.1 Å². The average molecular weight is 393 g/mol. The molecule has 0 aromatic carbocycles. The smallest absolute Gasteiger partial charge is 0.485 e. The monoisotopic (exact) mass is 393 g/mol. The predicted molar refractivity (Wildman–Crippen MR) is 84.3 cm³/mol. The van der Waals surface area contributed by atoms with Crippen LogP contribution >= 0.6 is 0 Å². The predicted octanol–water partition coefficient (Wildman–Crippen LogP) is 1.39. The van der Waals surface area contributed by atoms with Gasteiger partial charge in [0, 0.05) is 5.57 Å². The van der Waals surface area contributed by atoms with Gasteiger partial charge in [-0.15, -0.1) is 0 Å². The highest BCUT2D eigenvalue weighted by Gasteiger charge is 2.36. The van der Waals surface area contributed by atoms with Crippen molar-refractivity contribution in [1.82, 2.24) is 0 Å². The molecule has 150 valence electrons. The quantitative estimate of drug-likeness (QED) is 0.220. The van der Waals surface area contributed by atoms with Crippen LogP contribution in [0.4, 0.5) is 13.2 Å². The number of ether oxygens (including phenoxy) is 1. The first-order valence-corrected chi connectivity index (χ1v) is 8.94. The Morgan fingerprint density at radius 2 is 1.60 bits per heavy atom. The van der Waals surface area contributed by atoms with Crippen LogP contribution in [-0.4, -0.2) is 72.9 Å². The fourth-order valence-electron chi connectivity index (χ4n) is 1.85. The molecule has 0 bridgehead atoms. The number of rotatable bonds is 8.